The van der Waals surface area contributed by atoms with Crippen LogP contribution < -0.4 is 4.74 Å². The fourth-order valence-corrected chi connectivity index (χ4v) is 2.46. The Balaban J connectivity index is 1.33. The lowest BCUT2D eigenvalue weighted by Crippen LogP contribution is -2.25. The van der Waals surface area contributed by atoms with Crippen molar-refractivity contribution in [3.8, 4) is 5.75 Å². The summed E-state index contributed by atoms with van der Waals surface area (Å²) in [5.41, 5.74) is 1.07. The topological polar surface area (TPSA) is 66.5 Å². The van der Waals surface area contributed by atoms with Gasteiger partial charge in [0.2, 0.25) is 0 Å². The Hall–Kier alpha value is -1.63. The molecule has 0 bridgehead atoms. The van der Waals surface area contributed by atoms with Crippen LogP contribution in [-0.4, -0.2) is 50.4 Å². The first-order chi connectivity index (χ1) is 11.5. The van der Waals surface area contributed by atoms with Crippen molar-refractivity contribution in [1.82, 2.24) is 0 Å². The van der Waals surface area contributed by atoms with Crippen LogP contribution in [0.1, 0.15) is 25.8 Å². The average molecular weight is 336 g/mol. The lowest BCUT2D eigenvalue weighted by Gasteiger charge is -2.17. The highest BCUT2D eigenvalue weighted by atomic mass is 16.7. The molecule has 2 aliphatic heterocycles. The summed E-state index contributed by atoms with van der Waals surface area (Å²) < 4.78 is 27.0. The van der Waals surface area contributed by atoms with Gasteiger partial charge in [-0.15, -0.1) is 0 Å². The zero-order valence-corrected chi connectivity index (χ0v) is 14.2. The molecule has 2 fully saturated rings. The number of esters is 1. The minimum Gasteiger partial charge on any atom is -0.491 e. The van der Waals surface area contributed by atoms with E-state index in [9.17, 15) is 4.79 Å². The molecule has 2 atom stereocenters. The van der Waals surface area contributed by atoms with Crippen LogP contribution >= 0.6 is 0 Å². The van der Waals surface area contributed by atoms with E-state index >= 15 is 0 Å². The molecule has 1 aromatic carbocycles. The van der Waals surface area contributed by atoms with E-state index in [1.807, 2.05) is 38.1 Å². The Kier molecular flexibility index (Phi) is 5.38. The monoisotopic (exact) mass is 336 g/mol. The first-order valence-corrected chi connectivity index (χ1v) is 8.31. The van der Waals surface area contributed by atoms with Gasteiger partial charge in [0.25, 0.3) is 0 Å². The van der Waals surface area contributed by atoms with Crippen molar-refractivity contribution in [3.63, 3.8) is 0 Å². The molecule has 0 radical (unpaired) electrons. The van der Waals surface area contributed by atoms with Crippen molar-refractivity contribution >= 4 is 5.97 Å². The van der Waals surface area contributed by atoms with Gasteiger partial charge in [0.1, 0.15) is 31.2 Å². The van der Waals surface area contributed by atoms with Gasteiger partial charge in [-0.1, -0.05) is 12.1 Å². The standard InChI is InChI=1S/C18H24O6/c1-18(2)23-12-16(24-18)11-22-17(19)8-5-13-3-6-14(7-4-13)20-9-15-10-21-15/h3-4,6-7,15-16H,5,8-12H2,1-2H3. The van der Waals surface area contributed by atoms with Crippen molar-refractivity contribution in [2.75, 3.05) is 26.4 Å². The minimum atomic E-state index is -0.591. The SMILES string of the molecule is CC1(C)OCC(COC(=O)CCc2ccc(OCC3CO3)cc2)O1. The summed E-state index contributed by atoms with van der Waals surface area (Å²) in [6.45, 7) is 5.76. The maximum atomic E-state index is 11.8. The second-order valence-corrected chi connectivity index (χ2v) is 6.54. The van der Waals surface area contributed by atoms with E-state index in [-0.39, 0.29) is 24.8 Å². The molecule has 132 valence electrons. The van der Waals surface area contributed by atoms with Crippen molar-refractivity contribution in [2.45, 2.75) is 44.7 Å². The first kappa shape index (κ1) is 17.2. The fraction of sp³-hybridized carbons (Fsp3) is 0.611. The van der Waals surface area contributed by atoms with Crippen LogP contribution in [0, 0.1) is 0 Å². The molecule has 2 aliphatic rings. The van der Waals surface area contributed by atoms with Crippen LogP contribution in [0.5, 0.6) is 5.75 Å². The third-order valence-electron chi connectivity index (χ3n) is 3.88. The van der Waals surface area contributed by atoms with Crippen LogP contribution in [0.2, 0.25) is 0 Å². The van der Waals surface area contributed by atoms with Crippen LogP contribution in [-0.2, 0) is 30.2 Å². The largest absolute Gasteiger partial charge is 0.491 e. The summed E-state index contributed by atoms with van der Waals surface area (Å²) >= 11 is 0. The number of carbonyl (C=O) groups is 1. The number of benzene rings is 1. The highest BCUT2D eigenvalue weighted by Gasteiger charge is 2.33. The number of hydrogen-bond acceptors (Lipinski definition) is 6. The third kappa shape index (κ3) is 5.47. The van der Waals surface area contributed by atoms with Gasteiger partial charge < -0.3 is 23.7 Å². The van der Waals surface area contributed by atoms with Crippen molar-refractivity contribution in [1.29, 1.82) is 0 Å². The maximum Gasteiger partial charge on any atom is 0.306 e. The van der Waals surface area contributed by atoms with Gasteiger partial charge in [0.15, 0.2) is 5.79 Å². The van der Waals surface area contributed by atoms with Crippen molar-refractivity contribution in [3.05, 3.63) is 29.8 Å². The average Bonchev–Trinajstić information content (AvgIpc) is 3.32. The third-order valence-corrected chi connectivity index (χ3v) is 3.88. The zero-order valence-electron chi connectivity index (χ0n) is 14.2. The van der Waals surface area contributed by atoms with E-state index in [2.05, 4.69) is 0 Å². The molecular weight excluding hydrogens is 312 g/mol. The summed E-state index contributed by atoms with van der Waals surface area (Å²) in [5, 5.41) is 0. The van der Waals surface area contributed by atoms with Gasteiger partial charge in [0, 0.05) is 6.42 Å². The van der Waals surface area contributed by atoms with Crippen LogP contribution in [0.15, 0.2) is 24.3 Å². The summed E-state index contributed by atoms with van der Waals surface area (Å²) in [7, 11) is 0. The van der Waals surface area contributed by atoms with Gasteiger partial charge >= 0.3 is 5.97 Å². The predicted molar refractivity (Wildman–Crippen MR) is 85.9 cm³/mol. The second kappa shape index (κ2) is 7.51. The van der Waals surface area contributed by atoms with Gasteiger partial charge in [-0.25, -0.2) is 0 Å². The number of aryl methyl sites for hydroxylation is 1. The molecule has 0 N–H and O–H groups in total. The molecule has 6 nitrogen and oxygen atoms in total. The van der Waals surface area contributed by atoms with E-state index in [4.69, 9.17) is 23.7 Å². The highest BCUT2D eigenvalue weighted by molar-refractivity contribution is 5.69. The fourth-order valence-electron chi connectivity index (χ4n) is 2.46. The maximum absolute atomic E-state index is 11.8. The molecule has 0 aliphatic carbocycles. The number of epoxide rings is 1. The minimum absolute atomic E-state index is 0.184. The molecule has 2 saturated heterocycles. The molecule has 1 aromatic rings. The van der Waals surface area contributed by atoms with E-state index in [0.29, 0.717) is 26.1 Å². The molecule has 3 rings (SSSR count). The molecule has 2 heterocycles. The van der Waals surface area contributed by atoms with E-state index in [1.165, 1.54) is 0 Å². The smallest absolute Gasteiger partial charge is 0.306 e. The summed E-state index contributed by atoms with van der Waals surface area (Å²) in [6.07, 6.45) is 1.04. The lowest BCUT2D eigenvalue weighted by atomic mass is 10.1. The van der Waals surface area contributed by atoms with Crippen LogP contribution in [0.25, 0.3) is 0 Å². The Morgan fingerprint density at radius 3 is 2.54 bits per heavy atom. The molecule has 2 unspecified atom stereocenters. The molecular formula is C18H24O6. The molecule has 0 amide bonds. The molecule has 0 spiro atoms. The molecule has 0 saturated carbocycles. The molecule has 6 heteroatoms. The van der Waals surface area contributed by atoms with Gasteiger partial charge in [-0.3, -0.25) is 4.79 Å². The number of carbonyl (C=O) groups excluding carboxylic acids is 1. The molecule has 24 heavy (non-hydrogen) atoms. The van der Waals surface area contributed by atoms with Gasteiger partial charge in [0.05, 0.1) is 13.2 Å². The van der Waals surface area contributed by atoms with E-state index in [0.717, 1.165) is 17.9 Å². The zero-order chi connectivity index (χ0) is 17.0. The second-order valence-electron chi connectivity index (χ2n) is 6.54. The van der Waals surface area contributed by atoms with Crippen molar-refractivity contribution in [2.24, 2.45) is 0 Å². The van der Waals surface area contributed by atoms with Crippen molar-refractivity contribution < 1.29 is 28.5 Å². The number of ether oxygens (including phenoxy) is 5. The summed E-state index contributed by atoms with van der Waals surface area (Å²) in [4.78, 5) is 11.8. The number of rotatable bonds is 8. The normalized spacial score (nSPS) is 24.6. The quantitative estimate of drug-likeness (QED) is 0.535. The summed E-state index contributed by atoms with van der Waals surface area (Å²) in [5.74, 6) is -0.000623. The Morgan fingerprint density at radius 2 is 1.92 bits per heavy atom. The van der Waals surface area contributed by atoms with E-state index in [1.54, 1.807) is 0 Å². The van der Waals surface area contributed by atoms with Gasteiger partial charge in [-0.05, 0) is 38.0 Å². The Labute approximate surface area is 142 Å². The number of hydrogen-bond donors (Lipinski definition) is 0. The van der Waals surface area contributed by atoms with Crippen LogP contribution in [0.3, 0.4) is 0 Å². The first-order valence-electron chi connectivity index (χ1n) is 8.31. The van der Waals surface area contributed by atoms with Crippen LogP contribution in [0.4, 0.5) is 0 Å². The molecule has 0 aromatic heterocycles. The van der Waals surface area contributed by atoms with Gasteiger partial charge in [-0.2, -0.15) is 0 Å². The predicted octanol–water partition coefficient (Wildman–Crippen LogP) is 2.09. The van der Waals surface area contributed by atoms with E-state index < -0.39 is 5.79 Å². The highest BCUT2D eigenvalue weighted by Crippen LogP contribution is 2.22. The summed E-state index contributed by atoms with van der Waals surface area (Å²) in [6, 6.07) is 7.75. The lowest BCUT2D eigenvalue weighted by molar-refractivity contribution is -0.158. The Morgan fingerprint density at radius 1 is 1.17 bits per heavy atom. The Bertz CT molecular complexity index is 549.